The Morgan fingerprint density at radius 3 is 2.20 bits per heavy atom. The summed E-state index contributed by atoms with van der Waals surface area (Å²) in [6.45, 7) is 1.62. The molecule has 0 aromatic carbocycles. The van der Waals surface area contributed by atoms with Crippen molar-refractivity contribution in [1.82, 2.24) is 0 Å². The van der Waals surface area contributed by atoms with Gasteiger partial charge in [0.15, 0.2) is 4.74 Å². The average Bonchev–Trinajstić information content (AvgIpc) is 1.38. The number of hydrogen-bond acceptors (Lipinski definition) is 0. The van der Waals surface area contributed by atoms with Gasteiger partial charge in [0.25, 0.3) is 0 Å². The van der Waals surface area contributed by atoms with Crippen molar-refractivity contribution >= 4 is 15.9 Å². The molecule has 0 atom stereocenters. The molecule has 0 fully saturated rings. The minimum atomic E-state index is -0.308. The molecule has 0 aromatic heterocycles. The van der Waals surface area contributed by atoms with E-state index in [0.29, 0.717) is 0 Å². The van der Waals surface area contributed by atoms with Crippen LogP contribution >= 0.6 is 15.9 Å². The summed E-state index contributed by atoms with van der Waals surface area (Å²) >= 11 is 2.57. The molecule has 0 aromatic rings. The van der Waals surface area contributed by atoms with Crippen molar-refractivity contribution in [1.29, 1.82) is 0 Å². The van der Waals surface area contributed by atoms with Crippen molar-refractivity contribution in [2.75, 3.05) is 0 Å². The third kappa shape index (κ3) is 4.15. The lowest BCUT2D eigenvalue weighted by Crippen LogP contribution is -1.40. The minimum absolute atomic E-state index is 0.308. The maximum Gasteiger partial charge on any atom is 0.161 e. The van der Waals surface area contributed by atoms with E-state index in [1.807, 2.05) is 0 Å². The molecule has 0 nitrogen and oxygen atoms in total. The third-order valence-corrected chi connectivity index (χ3v) is 0.676. The van der Waals surface area contributed by atoms with Gasteiger partial charge in [0, 0.05) is 0 Å². The molecule has 0 bridgehead atoms. The fourth-order valence-electron chi connectivity index (χ4n) is 0. The number of halogens is 2. The van der Waals surface area contributed by atoms with Crippen LogP contribution in [0.2, 0.25) is 0 Å². The van der Waals surface area contributed by atoms with Gasteiger partial charge in [0.2, 0.25) is 0 Å². The molecule has 0 aliphatic carbocycles. The number of allylic oxidation sites excluding steroid dienone is 1. The first kappa shape index (κ1) is 5.15. The van der Waals surface area contributed by atoms with E-state index in [1.165, 1.54) is 6.08 Å². The van der Waals surface area contributed by atoms with E-state index in [4.69, 9.17) is 0 Å². The highest BCUT2D eigenvalue weighted by molar-refractivity contribution is 9.11. The lowest BCUT2D eigenvalue weighted by molar-refractivity contribution is 0.703. The zero-order valence-corrected chi connectivity index (χ0v) is 4.42. The van der Waals surface area contributed by atoms with E-state index in [-0.39, 0.29) is 4.74 Å². The molecule has 0 amide bonds. The van der Waals surface area contributed by atoms with Crippen molar-refractivity contribution in [2.45, 2.75) is 6.92 Å². The second kappa shape index (κ2) is 2.39. The molecule has 0 saturated carbocycles. The Balaban J connectivity index is 3.14. The Hall–Kier alpha value is 0.150. The molecule has 0 aliphatic rings. The van der Waals surface area contributed by atoms with Gasteiger partial charge in [-0.05, 0) is 28.9 Å². The Morgan fingerprint density at radius 1 is 2.00 bits per heavy atom. The Kier molecular flexibility index (Phi) is 2.46. The van der Waals surface area contributed by atoms with Crippen LogP contribution in [0.15, 0.2) is 10.8 Å². The Morgan fingerprint density at radius 2 is 2.20 bits per heavy atom. The predicted octanol–water partition coefficient (Wildman–Crippen LogP) is 2.21. The lowest BCUT2D eigenvalue weighted by Gasteiger charge is -1.65. The molecule has 0 rings (SSSR count). The van der Waals surface area contributed by atoms with Gasteiger partial charge in [-0.25, -0.2) is 0 Å². The number of rotatable bonds is 0. The van der Waals surface area contributed by atoms with Crippen LogP contribution in [0.1, 0.15) is 6.92 Å². The summed E-state index contributed by atoms with van der Waals surface area (Å²) in [6.07, 6.45) is 1.33. The molecule has 0 N–H and O–H groups in total. The maximum absolute atomic E-state index is 11.2. The van der Waals surface area contributed by atoms with Gasteiger partial charge in [-0.2, -0.15) is 4.39 Å². The summed E-state index contributed by atoms with van der Waals surface area (Å²) < 4.78 is 10.9. The van der Waals surface area contributed by atoms with E-state index in [1.54, 1.807) is 6.92 Å². The Bertz CT molecular complexity index is 44.9. The molecular weight excluding hydrogens is 135 g/mol. The normalized spacial score (nSPS) is 12.2. The van der Waals surface area contributed by atoms with Gasteiger partial charge in [-0.15, -0.1) is 0 Å². The highest BCUT2D eigenvalue weighted by atomic mass is 79.9. The number of hydrogen-bond donors (Lipinski definition) is 0. The van der Waals surface area contributed by atoms with Crippen LogP contribution in [0.5, 0.6) is 0 Å². The predicted molar refractivity (Wildman–Crippen MR) is 23.8 cm³/mol. The lowest BCUT2D eigenvalue weighted by atomic mass is 10.8. The SMILES string of the molecule is CC=C(F)Br. The molecule has 30 valence electrons. The van der Waals surface area contributed by atoms with Crippen molar-refractivity contribution in [3.63, 3.8) is 0 Å². The van der Waals surface area contributed by atoms with Gasteiger partial charge in [0.1, 0.15) is 0 Å². The molecule has 0 heterocycles. The van der Waals surface area contributed by atoms with Crippen LogP contribution in [0.25, 0.3) is 0 Å². The van der Waals surface area contributed by atoms with Gasteiger partial charge >= 0.3 is 0 Å². The first-order valence-electron chi connectivity index (χ1n) is 1.24. The summed E-state index contributed by atoms with van der Waals surface area (Å²) in [4.78, 5) is 0. The van der Waals surface area contributed by atoms with E-state index in [0.717, 1.165) is 0 Å². The molecule has 2 heteroatoms. The molecule has 0 radical (unpaired) electrons. The van der Waals surface area contributed by atoms with Crippen LogP contribution in [-0.2, 0) is 0 Å². The fourth-order valence-corrected chi connectivity index (χ4v) is 0. The largest absolute Gasteiger partial charge is 0.199 e. The van der Waals surface area contributed by atoms with Crippen LogP contribution in [-0.4, -0.2) is 0 Å². The monoisotopic (exact) mass is 138 g/mol. The Labute approximate surface area is 38.8 Å². The van der Waals surface area contributed by atoms with Crippen molar-refractivity contribution in [2.24, 2.45) is 0 Å². The van der Waals surface area contributed by atoms with Gasteiger partial charge in [0.05, 0.1) is 0 Å². The van der Waals surface area contributed by atoms with Crippen LogP contribution in [0, 0.1) is 0 Å². The smallest absolute Gasteiger partial charge is 0.161 e. The third-order valence-electron chi connectivity index (χ3n) is 0.218. The van der Waals surface area contributed by atoms with Crippen LogP contribution in [0.3, 0.4) is 0 Å². The fraction of sp³-hybridized carbons (Fsp3) is 0.333. The summed E-state index contributed by atoms with van der Waals surface area (Å²) in [5, 5.41) is 0. The van der Waals surface area contributed by atoms with Gasteiger partial charge in [-0.3, -0.25) is 0 Å². The van der Waals surface area contributed by atoms with Crippen LogP contribution < -0.4 is 0 Å². The molecule has 5 heavy (non-hydrogen) atoms. The first-order chi connectivity index (χ1) is 2.27. The zero-order chi connectivity index (χ0) is 4.28. The quantitative estimate of drug-likeness (QED) is 0.482. The maximum atomic E-state index is 11.2. The minimum Gasteiger partial charge on any atom is -0.199 e. The van der Waals surface area contributed by atoms with Crippen LogP contribution in [0.4, 0.5) is 4.39 Å². The molecule has 0 spiro atoms. The first-order valence-corrected chi connectivity index (χ1v) is 2.04. The van der Waals surface area contributed by atoms with E-state index in [2.05, 4.69) is 15.9 Å². The van der Waals surface area contributed by atoms with Crippen molar-refractivity contribution in [3.05, 3.63) is 10.8 Å². The molecule has 0 aliphatic heterocycles. The summed E-state index contributed by atoms with van der Waals surface area (Å²) in [6, 6.07) is 0. The van der Waals surface area contributed by atoms with Gasteiger partial charge < -0.3 is 0 Å². The molecular formula is C3H4BrF. The molecule has 0 saturated heterocycles. The summed E-state index contributed by atoms with van der Waals surface area (Å²) in [5.74, 6) is 0. The summed E-state index contributed by atoms with van der Waals surface area (Å²) in [7, 11) is 0. The highest BCUT2D eigenvalue weighted by Crippen LogP contribution is 2.02. The zero-order valence-electron chi connectivity index (χ0n) is 2.83. The molecule has 0 unspecified atom stereocenters. The second-order valence-corrected chi connectivity index (χ2v) is 1.34. The van der Waals surface area contributed by atoms with E-state index in [9.17, 15) is 4.39 Å². The van der Waals surface area contributed by atoms with Gasteiger partial charge in [-0.1, -0.05) is 0 Å². The van der Waals surface area contributed by atoms with E-state index >= 15 is 0 Å². The van der Waals surface area contributed by atoms with E-state index < -0.39 is 0 Å². The summed E-state index contributed by atoms with van der Waals surface area (Å²) in [5.41, 5.74) is 0. The standard InChI is InChI=1S/C3H4BrF/c1-2-3(4)5/h2H,1H3. The highest BCUT2D eigenvalue weighted by Gasteiger charge is 1.70. The average molecular weight is 139 g/mol. The van der Waals surface area contributed by atoms with Crippen molar-refractivity contribution in [3.8, 4) is 0 Å². The second-order valence-electron chi connectivity index (χ2n) is 0.578. The van der Waals surface area contributed by atoms with Crippen molar-refractivity contribution < 1.29 is 4.39 Å². The topological polar surface area (TPSA) is 0 Å².